The number of H-pyrrole nitrogens is 1. The Balaban J connectivity index is 1.94. The molecule has 0 saturated carbocycles. The van der Waals surface area contributed by atoms with Crippen molar-refractivity contribution in [2.45, 2.75) is 39.7 Å². The van der Waals surface area contributed by atoms with Crippen LogP contribution in [-0.2, 0) is 0 Å². The van der Waals surface area contributed by atoms with Crippen molar-refractivity contribution in [3.8, 4) is 5.95 Å². The zero-order valence-corrected chi connectivity index (χ0v) is 13.0. The molecule has 7 heteroatoms. The molecule has 1 N–H and O–H groups in total. The molecule has 0 aromatic carbocycles. The van der Waals surface area contributed by atoms with Gasteiger partial charge in [-0.25, -0.2) is 9.97 Å². The Hall–Kier alpha value is -2.44. The van der Waals surface area contributed by atoms with Crippen molar-refractivity contribution < 1.29 is 4.79 Å². The summed E-state index contributed by atoms with van der Waals surface area (Å²) in [4.78, 5) is 34.8. The molecule has 0 radical (unpaired) electrons. The van der Waals surface area contributed by atoms with E-state index in [1.807, 2.05) is 19.9 Å². The van der Waals surface area contributed by atoms with Gasteiger partial charge in [0.1, 0.15) is 5.69 Å². The van der Waals surface area contributed by atoms with Gasteiger partial charge in [0, 0.05) is 30.0 Å². The number of likely N-dealkylation sites (tertiary alicyclic amines) is 1. The maximum atomic E-state index is 12.4. The lowest BCUT2D eigenvalue weighted by molar-refractivity contribution is 0.0449. The first kappa shape index (κ1) is 14.5. The van der Waals surface area contributed by atoms with Gasteiger partial charge in [-0.2, -0.15) is 4.68 Å². The summed E-state index contributed by atoms with van der Waals surface area (Å²) in [5.41, 5.74) is 1.49. The van der Waals surface area contributed by atoms with E-state index in [0.717, 1.165) is 30.8 Å². The predicted molar refractivity (Wildman–Crippen MR) is 81.2 cm³/mol. The molecular weight excluding hydrogens is 282 g/mol. The number of aryl methyl sites for hydroxylation is 2. The highest BCUT2D eigenvalue weighted by Crippen LogP contribution is 2.22. The van der Waals surface area contributed by atoms with Crippen molar-refractivity contribution in [1.29, 1.82) is 0 Å². The maximum Gasteiger partial charge on any atom is 0.274 e. The van der Waals surface area contributed by atoms with Crippen molar-refractivity contribution in [3.63, 3.8) is 0 Å². The predicted octanol–water partition coefficient (Wildman–Crippen LogP) is 1.20. The lowest BCUT2D eigenvalue weighted by atomic mass is 10.00. The van der Waals surface area contributed by atoms with Gasteiger partial charge in [0.25, 0.3) is 17.4 Å². The third-order valence-electron chi connectivity index (χ3n) is 4.00. The SMILES string of the molecule is CCC1CCN1C(=O)c1cc(=O)n(-c2nc(C)cc(C)n2)[nH]1. The van der Waals surface area contributed by atoms with Gasteiger partial charge < -0.3 is 4.90 Å². The second-order valence-electron chi connectivity index (χ2n) is 5.64. The van der Waals surface area contributed by atoms with Crippen LogP contribution in [0.1, 0.15) is 41.6 Å². The monoisotopic (exact) mass is 301 g/mol. The highest BCUT2D eigenvalue weighted by molar-refractivity contribution is 5.93. The Bertz CT molecular complexity index is 754. The Labute approximate surface area is 128 Å². The average molecular weight is 301 g/mol. The Morgan fingerprint density at radius 2 is 2.00 bits per heavy atom. The Kier molecular flexibility index (Phi) is 3.56. The van der Waals surface area contributed by atoms with Crippen molar-refractivity contribution >= 4 is 5.91 Å². The molecule has 1 amide bonds. The normalized spacial score (nSPS) is 17.4. The van der Waals surface area contributed by atoms with Crippen molar-refractivity contribution in [1.82, 2.24) is 24.6 Å². The molecule has 1 aliphatic rings. The first-order chi connectivity index (χ1) is 10.5. The van der Waals surface area contributed by atoms with Crippen LogP contribution in [0.2, 0.25) is 0 Å². The number of amides is 1. The molecule has 1 unspecified atom stereocenters. The molecular formula is C15H19N5O2. The summed E-state index contributed by atoms with van der Waals surface area (Å²) in [6, 6.07) is 3.42. The van der Waals surface area contributed by atoms with Crippen LogP contribution in [0.4, 0.5) is 0 Å². The quantitative estimate of drug-likeness (QED) is 0.923. The topological polar surface area (TPSA) is 83.9 Å². The van der Waals surface area contributed by atoms with Crippen LogP contribution in [0, 0.1) is 13.8 Å². The van der Waals surface area contributed by atoms with Crippen molar-refractivity contribution in [3.05, 3.63) is 39.6 Å². The number of nitrogens with zero attached hydrogens (tertiary/aromatic N) is 4. The molecule has 0 spiro atoms. The highest BCUT2D eigenvalue weighted by Gasteiger charge is 2.32. The van der Waals surface area contributed by atoms with Crippen LogP contribution >= 0.6 is 0 Å². The first-order valence-corrected chi connectivity index (χ1v) is 7.45. The molecule has 1 fully saturated rings. The summed E-state index contributed by atoms with van der Waals surface area (Å²) in [6.45, 7) is 6.47. The van der Waals surface area contributed by atoms with Crippen LogP contribution in [0.5, 0.6) is 0 Å². The minimum atomic E-state index is -0.332. The van der Waals surface area contributed by atoms with E-state index in [1.54, 1.807) is 4.90 Å². The summed E-state index contributed by atoms with van der Waals surface area (Å²) >= 11 is 0. The Morgan fingerprint density at radius 3 is 2.55 bits per heavy atom. The van der Waals surface area contributed by atoms with E-state index in [9.17, 15) is 9.59 Å². The summed E-state index contributed by atoms with van der Waals surface area (Å²) in [7, 11) is 0. The Morgan fingerprint density at radius 1 is 1.32 bits per heavy atom. The number of carbonyl (C=O) groups excluding carboxylic acids is 1. The van der Waals surface area contributed by atoms with E-state index in [2.05, 4.69) is 22.0 Å². The maximum absolute atomic E-state index is 12.4. The number of hydrogen-bond acceptors (Lipinski definition) is 4. The molecule has 116 valence electrons. The number of nitrogens with one attached hydrogen (secondary N) is 1. The number of aromatic amines is 1. The number of carbonyl (C=O) groups is 1. The van der Waals surface area contributed by atoms with E-state index in [1.165, 1.54) is 10.7 Å². The standard InChI is InChI=1S/C15H19N5O2/c1-4-11-5-6-19(11)14(22)12-8-13(21)20(18-12)15-16-9(2)7-10(3)17-15/h7-8,11,18H,4-6H2,1-3H3. The molecule has 0 aliphatic carbocycles. The van der Waals surface area contributed by atoms with Crippen molar-refractivity contribution in [2.75, 3.05) is 6.54 Å². The van der Waals surface area contributed by atoms with E-state index >= 15 is 0 Å². The van der Waals surface area contributed by atoms with Gasteiger partial charge in [-0.1, -0.05) is 6.92 Å². The molecule has 3 rings (SSSR count). The highest BCUT2D eigenvalue weighted by atomic mass is 16.2. The van der Waals surface area contributed by atoms with Gasteiger partial charge in [0.2, 0.25) is 0 Å². The summed E-state index contributed by atoms with van der Waals surface area (Å²) in [5.74, 6) is 0.121. The fourth-order valence-corrected chi connectivity index (χ4v) is 2.75. The zero-order valence-electron chi connectivity index (χ0n) is 13.0. The molecule has 1 aliphatic heterocycles. The lowest BCUT2D eigenvalue weighted by Crippen LogP contribution is -2.50. The smallest absolute Gasteiger partial charge is 0.274 e. The van der Waals surface area contributed by atoms with Crippen LogP contribution in [0.25, 0.3) is 5.95 Å². The molecule has 0 bridgehead atoms. The molecule has 3 heterocycles. The van der Waals surface area contributed by atoms with Crippen LogP contribution in [0.15, 0.2) is 16.9 Å². The second-order valence-corrected chi connectivity index (χ2v) is 5.64. The van der Waals surface area contributed by atoms with Gasteiger partial charge in [-0.15, -0.1) is 0 Å². The molecule has 22 heavy (non-hydrogen) atoms. The fourth-order valence-electron chi connectivity index (χ4n) is 2.75. The molecule has 2 aromatic rings. The van der Waals surface area contributed by atoms with E-state index in [-0.39, 0.29) is 29.2 Å². The minimum absolute atomic E-state index is 0.140. The average Bonchev–Trinajstić information content (AvgIpc) is 2.79. The molecule has 1 atom stereocenters. The summed E-state index contributed by atoms with van der Waals surface area (Å²) in [5, 5.41) is 2.83. The summed E-state index contributed by atoms with van der Waals surface area (Å²) < 4.78 is 1.22. The second kappa shape index (κ2) is 5.40. The fraction of sp³-hybridized carbons (Fsp3) is 0.467. The first-order valence-electron chi connectivity index (χ1n) is 7.45. The zero-order chi connectivity index (χ0) is 15.9. The van der Waals surface area contributed by atoms with Gasteiger partial charge in [0.15, 0.2) is 0 Å². The number of hydrogen-bond donors (Lipinski definition) is 1. The van der Waals surface area contributed by atoms with Gasteiger partial charge in [-0.05, 0) is 32.8 Å². The van der Waals surface area contributed by atoms with Crippen LogP contribution < -0.4 is 5.56 Å². The molecule has 1 saturated heterocycles. The van der Waals surface area contributed by atoms with Crippen LogP contribution in [0.3, 0.4) is 0 Å². The van der Waals surface area contributed by atoms with Crippen LogP contribution in [-0.4, -0.2) is 43.1 Å². The van der Waals surface area contributed by atoms with E-state index in [0.29, 0.717) is 0 Å². The molecule has 2 aromatic heterocycles. The van der Waals surface area contributed by atoms with E-state index in [4.69, 9.17) is 0 Å². The third kappa shape index (κ3) is 2.43. The number of rotatable bonds is 3. The summed E-state index contributed by atoms with van der Waals surface area (Å²) in [6.07, 6.45) is 1.95. The molecule has 7 nitrogen and oxygen atoms in total. The van der Waals surface area contributed by atoms with E-state index < -0.39 is 0 Å². The van der Waals surface area contributed by atoms with Crippen molar-refractivity contribution in [2.24, 2.45) is 0 Å². The largest absolute Gasteiger partial charge is 0.334 e. The van der Waals surface area contributed by atoms with Gasteiger partial charge in [0.05, 0.1) is 0 Å². The number of aromatic nitrogens is 4. The van der Waals surface area contributed by atoms with Gasteiger partial charge in [-0.3, -0.25) is 14.7 Å². The third-order valence-corrected chi connectivity index (χ3v) is 4.00. The minimum Gasteiger partial charge on any atom is -0.334 e. The van der Waals surface area contributed by atoms with Gasteiger partial charge >= 0.3 is 0 Å². The lowest BCUT2D eigenvalue weighted by Gasteiger charge is -2.40.